The molecule has 0 amide bonds. The Morgan fingerprint density at radius 1 is 1.33 bits per heavy atom. The Labute approximate surface area is 124 Å². The lowest BCUT2D eigenvalue weighted by Crippen LogP contribution is -2.14. The van der Waals surface area contributed by atoms with Gasteiger partial charge >= 0.3 is 0 Å². The molecule has 1 aromatic heterocycles. The number of rotatable bonds is 4. The highest BCUT2D eigenvalue weighted by Crippen LogP contribution is 2.34. The van der Waals surface area contributed by atoms with Gasteiger partial charge in [-0.2, -0.15) is 0 Å². The lowest BCUT2D eigenvalue weighted by Gasteiger charge is -2.09. The van der Waals surface area contributed by atoms with Crippen molar-refractivity contribution in [2.75, 3.05) is 4.72 Å². The molecule has 0 saturated heterocycles. The highest BCUT2D eigenvalue weighted by atomic mass is 35.5. The van der Waals surface area contributed by atoms with Crippen molar-refractivity contribution in [3.63, 3.8) is 0 Å². The number of nitrogens with zero attached hydrogens (tertiary/aromatic N) is 2. The second-order valence-electron chi connectivity index (χ2n) is 3.85. The minimum absolute atomic E-state index is 0.0512. The Hall–Kier alpha value is -2.39. The van der Waals surface area contributed by atoms with Gasteiger partial charge in [-0.3, -0.25) is 14.8 Å². The molecule has 0 bridgehead atoms. The van der Waals surface area contributed by atoms with Crippen LogP contribution >= 0.6 is 11.6 Å². The molecule has 0 radical (unpaired) electrons. The number of aromatic hydroxyl groups is 1. The molecule has 8 nitrogen and oxygen atoms in total. The SMILES string of the molecule is O=[N+]([O-])c1cccc(O)c1NS(=O)(=O)c1ccnc(Cl)c1. The van der Waals surface area contributed by atoms with Crippen molar-refractivity contribution in [3.8, 4) is 5.75 Å². The Kier molecular flexibility index (Phi) is 3.96. The third-order valence-electron chi connectivity index (χ3n) is 2.46. The van der Waals surface area contributed by atoms with Crippen molar-refractivity contribution < 1.29 is 18.4 Å². The third kappa shape index (κ3) is 3.20. The molecule has 0 atom stereocenters. The standard InChI is InChI=1S/C11H8ClN3O5S/c12-10-6-7(4-5-13-10)21(19,20)14-11-8(15(17)18)2-1-3-9(11)16/h1-6,14,16H. The Morgan fingerprint density at radius 2 is 2.05 bits per heavy atom. The number of sulfonamides is 1. The highest BCUT2D eigenvalue weighted by molar-refractivity contribution is 7.92. The number of hydrogen-bond acceptors (Lipinski definition) is 6. The molecule has 2 rings (SSSR count). The molecule has 0 aliphatic heterocycles. The fourth-order valence-electron chi connectivity index (χ4n) is 1.53. The molecule has 1 heterocycles. The number of nitro groups is 1. The number of nitrogens with one attached hydrogen (secondary N) is 1. The molecule has 21 heavy (non-hydrogen) atoms. The Balaban J connectivity index is 2.49. The van der Waals surface area contributed by atoms with Crippen LogP contribution in [0.1, 0.15) is 0 Å². The minimum atomic E-state index is -4.15. The van der Waals surface area contributed by atoms with Gasteiger partial charge in [0.15, 0.2) is 5.69 Å². The van der Waals surface area contributed by atoms with Gasteiger partial charge in [0, 0.05) is 12.3 Å². The van der Waals surface area contributed by atoms with Gasteiger partial charge < -0.3 is 5.11 Å². The predicted octanol–water partition coefficient (Wildman–Crippen LogP) is 2.15. The van der Waals surface area contributed by atoms with Crippen LogP contribution in [0.25, 0.3) is 0 Å². The van der Waals surface area contributed by atoms with Gasteiger partial charge in [-0.1, -0.05) is 17.7 Å². The number of halogens is 1. The molecule has 0 fully saturated rings. The monoisotopic (exact) mass is 329 g/mol. The fraction of sp³-hybridized carbons (Fsp3) is 0. The summed E-state index contributed by atoms with van der Waals surface area (Å²) in [5.74, 6) is -0.562. The van der Waals surface area contributed by atoms with E-state index in [4.69, 9.17) is 11.6 Å². The number of aromatic nitrogens is 1. The fourth-order valence-corrected chi connectivity index (χ4v) is 2.87. The van der Waals surface area contributed by atoms with E-state index in [0.29, 0.717) is 0 Å². The first kappa shape index (κ1) is 15.0. The summed E-state index contributed by atoms with van der Waals surface area (Å²) in [6.07, 6.45) is 1.18. The number of pyridine rings is 1. The summed E-state index contributed by atoms with van der Waals surface area (Å²) in [5.41, 5.74) is -1.09. The summed E-state index contributed by atoms with van der Waals surface area (Å²) in [6.45, 7) is 0. The number of benzene rings is 1. The second kappa shape index (κ2) is 5.54. The summed E-state index contributed by atoms with van der Waals surface area (Å²) >= 11 is 5.61. The van der Waals surface area contributed by atoms with Gasteiger partial charge in [0.05, 0.1) is 9.82 Å². The van der Waals surface area contributed by atoms with Crippen LogP contribution in [0.4, 0.5) is 11.4 Å². The van der Waals surface area contributed by atoms with Crippen LogP contribution in [-0.4, -0.2) is 23.4 Å². The first-order chi connectivity index (χ1) is 9.81. The maximum absolute atomic E-state index is 12.1. The van der Waals surface area contributed by atoms with Crippen LogP contribution in [0.3, 0.4) is 0 Å². The van der Waals surface area contributed by atoms with Crippen LogP contribution in [0, 0.1) is 10.1 Å². The van der Waals surface area contributed by atoms with E-state index in [1.54, 1.807) is 0 Å². The molecule has 0 aliphatic rings. The summed E-state index contributed by atoms with van der Waals surface area (Å²) in [4.78, 5) is 13.5. The number of phenolic OH excluding ortho intramolecular Hbond substituents is 1. The largest absolute Gasteiger partial charge is 0.505 e. The molecule has 0 aliphatic carbocycles. The summed E-state index contributed by atoms with van der Waals surface area (Å²) in [7, 11) is -4.15. The number of hydrogen-bond donors (Lipinski definition) is 2. The highest BCUT2D eigenvalue weighted by Gasteiger charge is 2.24. The van der Waals surface area contributed by atoms with E-state index < -0.39 is 32.1 Å². The van der Waals surface area contributed by atoms with Crippen molar-refractivity contribution in [1.82, 2.24) is 4.98 Å². The van der Waals surface area contributed by atoms with Gasteiger partial charge in [0.2, 0.25) is 0 Å². The first-order valence-electron chi connectivity index (χ1n) is 5.42. The van der Waals surface area contributed by atoms with Crippen molar-refractivity contribution in [2.45, 2.75) is 4.90 Å². The van der Waals surface area contributed by atoms with E-state index in [2.05, 4.69) is 4.98 Å². The van der Waals surface area contributed by atoms with E-state index in [-0.39, 0.29) is 10.0 Å². The predicted molar refractivity (Wildman–Crippen MR) is 74.8 cm³/mol. The summed E-state index contributed by atoms with van der Waals surface area (Å²) in [5, 5.41) is 20.5. The van der Waals surface area contributed by atoms with E-state index in [9.17, 15) is 23.6 Å². The van der Waals surface area contributed by atoms with Gasteiger partial charge in [-0.15, -0.1) is 0 Å². The molecule has 2 aromatic rings. The quantitative estimate of drug-likeness (QED) is 0.383. The van der Waals surface area contributed by atoms with Gasteiger partial charge in [0.25, 0.3) is 15.7 Å². The zero-order valence-electron chi connectivity index (χ0n) is 10.2. The molecule has 0 spiro atoms. The van der Waals surface area contributed by atoms with Crippen molar-refractivity contribution in [3.05, 3.63) is 51.8 Å². The minimum Gasteiger partial charge on any atom is -0.505 e. The van der Waals surface area contributed by atoms with E-state index in [0.717, 1.165) is 18.2 Å². The first-order valence-corrected chi connectivity index (χ1v) is 7.28. The van der Waals surface area contributed by atoms with Crippen LogP contribution in [-0.2, 0) is 10.0 Å². The smallest absolute Gasteiger partial charge is 0.297 e. The lowest BCUT2D eigenvalue weighted by molar-refractivity contribution is -0.383. The van der Waals surface area contributed by atoms with E-state index >= 15 is 0 Å². The van der Waals surface area contributed by atoms with Crippen LogP contribution in [0.5, 0.6) is 5.75 Å². The molecule has 110 valence electrons. The van der Waals surface area contributed by atoms with Crippen LogP contribution in [0.2, 0.25) is 5.15 Å². The molecule has 10 heteroatoms. The molecule has 2 N–H and O–H groups in total. The van der Waals surface area contributed by atoms with Crippen LogP contribution < -0.4 is 4.72 Å². The normalized spacial score (nSPS) is 11.1. The average Bonchev–Trinajstić information content (AvgIpc) is 2.40. The number of nitro benzene ring substituents is 1. The van der Waals surface area contributed by atoms with E-state index in [1.165, 1.54) is 18.3 Å². The van der Waals surface area contributed by atoms with Crippen molar-refractivity contribution in [2.24, 2.45) is 0 Å². The van der Waals surface area contributed by atoms with Gasteiger partial charge in [-0.25, -0.2) is 13.4 Å². The number of anilines is 1. The maximum Gasteiger partial charge on any atom is 0.297 e. The van der Waals surface area contributed by atoms with Crippen molar-refractivity contribution in [1.29, 1.82) is 0 Å². The van der Waals surface area contributed by atoms with Crippen molar-refractivity contribution >= 4 is 33.0 Å². The summed E-state index contributed by atoms with van der Waals surface area (Å²) < 4.78 is 26.3. The van der Waals surface area contributed by atoms with Gasteiger partial charge in [0.1, 0.15) is 10.9 Å². The van der Waals surface area contributed by atoms with Gasteiger partial charge in [-0.05, 0) is 18.2 Å². The molecular weight excluding hydrogens is 322 g/mol. The average molecular weight is 330 g/mol. The molecular formula is C11H8ClN3O5S. The Bertz CT molecular complexity index is 809. The number of phenols is 1. The molecule has 1 aromatic carbocycles. The second-order valence-corrected chi connectivity index (χ2v) is 5.92. The summed E-state index contributed by atoms with van der Waals surface area (Å²) in [6, 6.07) is 5.67. The molecule has 0 saturated carbocycles. The lowest BCUT2D eigenvalue weighted by atomic mass is 10.2. The topological polar surface area (TPSA) is 122 Å². The van der Waals surface area contributed by atoms with E-state index in [1.807, 2.05) is 4.72 Å². The zero-order valence-corrected chi connectivity index (χ0v) is 11.8. The maximum atomic E-state index is 12.1. The molecule has 0 unspecified atom stereocenters. The Morgan fingerprint density at radius 3 is 2.67 bits per heavy atom. The van der Waals surface area contributed by atoms with Crippen LogP contribution in [0.15, 0.2) is 41.4 Å². The third-order valence-corrected chi connectivity index (χ3v) is 4.02. The number of para-hydroxylation sites is 1. The zero-order chi connectivity index (χ0) is 15.6.